The van der Waals surface area contributed by atoms with Crippen LogP contribution in [0.25, 0.3) is 0 Å². The topological polar surface area (TPSA) is 37.8 Å². The Morgan fingerprint density at radius 3 is 2.74 bits per heavy atom. The first-order chi connectivity index (χ1) is 9.19. The van der Waals surface area contributed by atoms with Crippen LogP contribution < -0.4 is 5.32 Å². The highest BCUT2D eigenvalue weighted by Gasteiger charge is 2.09. The summed E-state index contributed by atoms with van der Waals surface area (Å²) in [6.45, 7) is 4.37. The van der Waals surface area contributed by atoms with E-state index in [2.05, 4.69) is 45.1 Å². The van der Waals surface area contributed by atoms with E-state index in [1.807, 2.05) is 30.3 Å². The predicted molar refractivity (Wildman–Crippen MR) is 85.1 cm³/mol. The third-order valence-electron chi connectivity index (χ3n) is 2.63. The fourth-order valence-corrected chi connectivity index (χ4v) is 2.74. The lowest BCUT2D eigenvalue weighted by Crippen LogP contribution is -2.00. The Kier molecular flexibility index (Phi) is 5.22. The lowest BCUT2D eigenvalue weighted by Gasteiger charge is -2.11. The zero-order valence-corrected chi connectivity index (χ0v) is 13.3. The minimum Gasteiger partial charge on any atom is -0.324 e. The Morgan fingerprint density at radius 2 is 2.05 bits per heavy atom. The lowest BCUT2D eigenvalue weighted by molar-refractivity contribution is 0.897. The van der Waals surface area contributed by atoms with Gasteiger partial charge >= 0.3 is 0 Å². The van der Waals surface area contributed by atoms with E-state index in [0.717, 1.165) is 21.6 Å². The Bertz CT molecular complexity index is 533. The monoisotopic (exact) mass is 337 g/mol. The molecule has 2 aromatic rings. The maximum absolute atomic E-state index is 4.55. The summed E-state index contributed by atoms with van der Waals surface area (Å²) in [6.07, 6.45) is 2.91. The van der Waals surface area contributed by atoms with E-state index >= 15 is 0 Å². The zero-order chi connectivity index (χ0) is 13.7. The number of hydrogen-bond acceptors (Lipinski definition) is 4. The average molecular weight is 338 g/mol. The first-order valence-corrected chi connectivity index (χ1v) is 7.87. The largest absolute Gasteiger partial charge is 0.324 e. The highest BCUT2D eigenvalue weighted by Crippen LogP contribution is 2.30. The van der Waals surface area contributed by atoms with Gasteiger partial charge in [-0.05, 0) is 34.5 Å². The van der Waals surface area contributed by atoms with E-state index in [1.165, 1.54) is 0 Å². The third kappa shape index (κ3) is 4.21. The van der Waals surface area contributed by atoms with Gasteiger partial charge < -0.3 is 5.32 Å². The summed E-state index contributed by atoms with van der Waals surface area (Å²) in [5.74, 6) is 0.625. The summed E-state index contributed by atoms with van der Waals surface area (Å²) in [5, 5.41) is 4.72. The van der Waals surface area contributed by atoms with Gasteiger partial charge in [0, 0.05) is 17.1 Å². The van der Waals surface area contributed by atoms with E-state index in [1.54, 1.807) is 18.0 Å². The molecule has 0 amide bonds. The van der Waals surface area contributed by atoms with E-state index in [-0.39, 0.29) is 0 Å². The van der Waals surface area contributed by atoms with Gasteiger partial charge in [0.1, 0.15) is 5.03 Å². The number of nitrogens with one attached hydrogen (secondary N) is 1. The molecular formula is C14H16BrN3S. The van der Waals surface area contributed by atoms with Crippen LogP contribution in [0.5, 0.6) is 0 Å². The van der Waals surface area contributed by atoms with Gasteiger partial charge in [-0.3, -0.25) is 0 Å². The quantitative estimate of drug-likeness (QED) is 0.623. The standard InChI is InChI=1S/C14H16BrN3S/c1-3-10(2)19-13-12(15)9-16-14(18-13)17-11-7-5-4-6-8-11/h4-10H,3H2,1-2H3,(H,16,17,18). The van der Waals surface area contributed by atoms with E-state index in [9.17, 15) is 0 Å². The van der Waals surface area contributed by atoms with Gasteiger partial charge in [-0.25, -0.2) is 9.97 Å². The van der Waals surface area contributed by atoms with Gasteiger partial charge in [0.05, 0.1) is 4.47 Å². The summed E-state index contributed by atoms with van der Waals surface area (Å²) in [7, 11) is 0. The van der Waals surface area contributed by atoms with Crippen LogP contribution >= 0.6 is 27.7 Å². The first kappa shape index (κ1) is 14.3. The molecule has 0 aliphatic heterocycles. The van der Waals surface area contributed by atoms with Crippen LogP contribution in [-0.2, 0) is 0 Å². The molecule has 1 aromatic heterocycles. The molecule has 100 valence electrons. The highest BCUT2D eigenvalue weighted by atomic mass is 79.9. The van der Waals surface area contributed by atoms with Crippen molar-refractivity contribution in [3.63, 3.8) is 0 Å². The predicted octanol–water partition coefficient (Wildman–Crippen LogP) is 4.87. The Labute approximate surface area is 126 Å². The van der Waals surface area contributed by atoms with Crippen LogP contribution in [0.15, 0.2) is 46.0 Å². The molecule has 5 heteroatoms. The Balaban J connectivity index is 2.16. The van der Waals surface area contributed by atoms with Crippen molar-refractivity contribution in [2.45, 2.75) is 30.5 Å². The van der Waals surface area contributed by atoms with Crippen molar-refractivity contribution in [1.82, 2.24) is 9.97 Å². The zero-order valence-electron chi connectivity index (χ0n) is 10.9. The van der Waals surface area contributed by atoms with Crippen LogP contribution in [0, 0.1) is 0 Å². The summed E-state index contributed by atoms with van der Waals surface area (Å²) in [4.78, 5) is 8.83. The van der Waals surface area contributed by atoms with Crippen LogP contribution in [0.4, 0.5) is 11.6 Å². The molecule has 0 saturated carbocycles. The van der Waals surface area contributed by atoms with Crippen molar-refractivity contribution >= 4 is 39.3 Å². The molecule has 2 rings (SSSR count). The molecule has 1 N–H and O–H groups in total. The van der Waals surface area contributed by atoms with Gasteiger partial charge in [-0.2, -0.15) is 0 Å². The number of nitrogens with zero attached hydrogens (tertiary/aromatic N) is 2. The first-order valence-electron chi connectivity index (χ1n) is 6.20. The molecule has 0 bridgehead atoms. The Morgan fingerprint density at radius 1 is 1.32 bits per heavy atom. The molecule has 1 heterocycles. The van der Waals surface area contributed by atoms with Crippen molar-refractivity contribution in [2.24, 2.45) is 0 Å². The molecular weight excluding hydrogens is 322 g/mol. The molecule has 0 saturated heterocycles. The van der Waals surface area contributed by atoms with Crippen LogP contribution in [0.1, 0.15) is 20.3 Å². The number of anilines is 2. The molecule has 1 unspecified atom stereocenters. The maximum atomic E-state index is 4.55. The van der Waals surface area contributed by atoms with Gasteiger partial charge in [-0.1, -0.05) is 32.0 Å². The van der Waals surface area contributed by atoms with E-state index in [0.29, 0.717) is 11.2 Å². The molecule has 0 aliphatic rings. The van der Waals surface area contributed by atoms with Crippen molar-refractivity contribution in [3.8, 4) is 0 Å². The molecule has 19 heavy (non-hydrogen) atoms. The fraction of sp³-hybridized carbons (Fsp3) is 0.286. The van der Waals surface area contributed by atoms with E-state index < -0.39 is 0 Å². The summed E-state index contributed by atoms with van der Waals surface area (Å²) < 4.78 is 0.941. The summed E-state index contributed by atoms with van der Waals surface area (Å²) in [5.41, 5.74) is 0.990. The number of hydrogen-bond donors (Lipinski definition) is 1. The summed E-state index contributed by atoms with van der Waals surface area (Å²) >= 11 is 5.26. The van der Waals surface area contributed by atoms with Gasteiger partial charge in [-0.15, -0.1) is 11.8 Å². The number of halogens is 1. The third-order valence-corrected chi connectivity index (χ3v) is 4.74. The van der Waals surface area contributed by atoms with Crippen molar-refractivity contribution in [1.29, 1.82) is 0 Å². The second-order valence-electron chi connectivity index (χ2n) is 4.17. The molecule has 0 aliphatic carbocycles. The average Bonchev–Trinajstić information content (AvgIpc) is 2.43. The van der Waals surface area contributed by atoms with Crippen LogP contribution in [-0.4, -0.2) is 15.2 Å². The second kappa shape index (κ2) is 6.91. The minimum atomic E-state index is 0.538. The van der Waals surface area contributed by atoms with Gasteiger partial charge in [0.15, 0.2) is 0 Å². The van der Waals surface area contributed by atoms with Crippen molar-refractivity contribution in [2.75, 3.05) is 5.32 Å². The van der Waals surface area contributed by atoms with E-state index in [4.69, 9.17) is 0 Å². The fourth-order valence-electron chi connectivity index (χ4n) is 1.42. The highest BCUT2D eigenvalue weighted by molar-refractivity contribution is 9.10. The smallest absolute Gasteiger partial charge is 0.228 e. The molecule has 3 nitrogen and oxygen atoms in total. The minimum absolute atomic E-state index is 0.538. The van der Waals surface area contributed by atoms with Gasteiger partial charge in [0.2, 0.25) is 5.95 Å². The van der Waals surface area contributed by atoms with Gasteiger partial charge in [0.25, 0.3) is 0 Å². The number of benzene rings is 1. The number of aromatic nitrogens is 2. The molecule has 0 spiro atoms. The van der Waals surface area contributed by atoms with Crippen LogP contribution in [0.3, 0.4) is 0 Å². The number of para-hydroxylation sites is 1. The number of rotatable bonds is 5. The summed E-state index contributed by atoms with van der Waals surface area (Å²) in [6, 6.07) is 9.93. The van der Waals surface area contributed by atoms with Crippen molar-refractivity contribution in [3.05, 3.63) is 41.0 Å². The molecule has 1 aromatic carbocycles. The van der Waals surface area contributed by atoms with Crippen LogP contribution in [0.2, 0.25) is 0 Å². The molecule has 0 fully saturated rings. The second-order valence-corrected chi connectivity index (χ2v) is 6.46. The SMILES string of the molecule is CCC(C)Sc1nc(Nc2ccccc2)ncc1Br. The maximum Gasteiger partial charge on any atom is 0.228 e. The molecule has 1 atom stereocenters. The molecule has 0 radical (unpaired) electrons. The Hall–Kier alpha value is -1.07. The lowest BCUT2D eigenvalue weighted by atomic mass is 10.3. The van der Waals surface area contributed by atoms with Crippen molar-refractivity contribution < 1.29 is 0 Å². The normalized spacial score (nSPS) is 12.2. The number of thioether (sulfide) groups is 1.